The summed E-state index contributed by atoms with van der Waals surface area (Å²) in [4.78, 5) is 39.1. The van der Waals surface area contributed by atoms with E-state index in [2.05, 4.69) is 0 Å². The second-order valence-electron chi connectivity index (χ2n) is 6.59. The molecule has 6 heteroatoms. The number of ether oxygens (including phenoxy) is 1. The SMILES string of the molecule is CCOC(=O)/C=C/CN(C(=O)c1ccccc1C(=O)c1ccc(F)cc1)C(C)C. The van der Waals surface area contributed by atoms with Gasteiger partial charge in [0.25, 0.3) is 5.91 Å². The molecule has 5 nitrogen and oxygen atoms in total. The number of halogens is 1. The van der Waals surface area contributed by atoms with Crippen molar-refractivity contribution in [1.29, 1.82) is 0 Å². The van der Waals surface area contributed by atoms with Crippen LogP contribution in [-0.2, 0) is 9.53 Å². The summed E-state index contributed by atoms with van der Waals surface area (Å²) >= 11 is 0. The van der Waals surface area contributed by atoms with Gasteiger partial charge in [0.15, 0.2) is 5.78 Å². The van der Waals surface area contributed by atoms with Crippen LogP contribution >= 0.6 is 0 Å². The average Bonchev–Trinajstić information content (AvgIpc) is 2.71. The van der Waals surface area contributed by atoms with E-state index in [-0.39, 0.29) is 42.0 Å². The third kappa shape index (κ3) is 5.85. The van der Waals surface area contributed by atoms with Crippen molar-refractivity contribution in [2.45, 2.75) is 26.8 Å². The first-order valence-corrected chi connectivity index (χ1v) is 9.38. The molecule has 0 heterocycles. The van der Waals surface area contributed by atoms with Crippen LogP contribution in [0, 0.1) is 5.82 Å². The van der Waals surface area contributed by atoms with Crippen LogP contribution in [0.3, 0.4) is 0 Å². The predicted octanol–water partition coefficient (Wildman–Crippen LogP) is 4.03. The molecule has 0 bridgehead atoms. The van der Waals surface area contributed by atoms with Gasteiger partial charge in [-0.05, 0) is 51.1 Å². The molecule has 0 aliphatic rings. The number of benzene rings is 2. The first-order valence-electron chi connectivity index (χ1n) is 9.38. The molecule has 2 rings (SSSR count). The highest BCUT2D eigenvalue weighted by Crippen LogP contribution is 2.18. The minimum absolute atomic E-state index is 0.164. The molecule has 0 spiro atoms. The number of hydrogen-bond acceptors (Lipinski definition) is 4. The van der Waals surface area contributed by atoms with E-state index in [1.807, 2.05) is 13.8 Å². The van der Waals surface area contributed by atoms with Gasteiger partial charge in [0.2, 0.25) is 0 Å². The summed E-state index contributed by atoms with van der Waals surface area (Å²) in [5.41, 5.74) is 0.786. The summed E-state index contributed by atoms with van der Waals surface area (Å²) in [6, 6.07) is 11.5. The molecule has 0 fully saturated rings. The fourth-order valence-electron chi connectivity index (χ4n) is 2.76. The van der Waals surface area contributed by atoms with Crippen molar-refractivity contribution in [2.75, 3.05) is 13.2 Å². The Morgan fingerprint density at radius 2 is 1.66 bits per heavy atom. The van der Waals surface area contributed by atoms with Gasteiger partial charge in [-0.15, -0.1) is 0 Å². The van der Waals surface area contributed by atoms with Crippen molar-refractivity contribution < 1.29 is 23.5 Å². The smallest absolute Gasteiger partial charge is 0.330 e. The highest BCUT2D eigenvalue weighted by atomic mass is 19.1. The summed E-state index contributed by atoms with van der Waals surface area (Å²) in [5, 5.41) is 0. The maximum Gasteiger partial charge on any atom is 0.330 e. The van der Waals surface area contributed by atoms with E-state index >= 15 is 0 Å². The molecule has 0 atom stereocenters. The monoisotopic (exact) mass is 397 g/mol. The van der Waals surface area contributed by atoms with Gasteiger partial charge >= 0.3 is 5.97 Å². The van der Waals surface area contributed by atoms with Crippen molar-refractivity contribution in [3.05, 3.63) is 83.2 Å². The highest BCUT2D eigenvalue weighted by molar-refractivity contribution is 6.15. The normalized spacial score (nSPS) is 10.9. The summed E-state index contributed by atoms with van der Waals surface area (Å²) in [5.74, 6) is -1.61. The van der Waals surface area contributed by atoms with Crippen LogP contribution in [0.25, 0.3) is 0 Å². The van der Waals surface area contributed by atoms with Crippen LogP contribution in [0.5, 0.6) is 0 Å². The number of nitrogens with zero attached hydrogens (tertiary/aromatic N) is 1. The Bertz CT molecular complexity index is 903. The zero-order valence-electron chi connectivity index (χ0n) is 16.7. The van der Waals surface area contributed by atoms with Crippen molar-refractivity contribution in [3.63, 3.8) is 0 Å². The number of amides is 1. The summed E-state index contributed by atoms with van der Waals surface area (Å²) in [6.07, 6.45) is 2.84. The second kappa shape index (κ2) is 10.3. The van der Waals surface area contributed by atoms with Crippen molar-refractivity contribution in [1.82, 2.24) is 4.90 Å². The molecule has 2 aromatic carbocycles. The first-order chi connectivity index (χ1) is 13.8. The maximum atomic E-state index is 13.2. The molecule has 1 amide bonds. The molecule has 0 aromatic heterocycles. The molecule has 0 radical (unpaired) electrons. The Labute approximate surface area is 169 Å². The van der Waals surface area contributed by atoms with Gasteiger partial charge in [-0.3, -0.25) is 9.59 Å². The van der Waals surface area contributed by atoms with Gasteiger partial charge in [0.1, 0.15) is 5.82 Å². The minimum Gasteiger partial charge on any atom is -0.463 e. The summed E-state index contributed by atoms with van der Waals surface area (Å²) < 4.78 is 18.0. The molecule has 2 aromatic rings. The molecule has 0 aliphatic carbocycles. The van der Waals surface area contributed by atoms with E-state index in [0.29, 0.717) is 5.56 Å². The summed E-state index contributed by atoms with van der Waals surface area (Å²) in [7, 11) is 0. The molecule has 0 aliphatic heterocycles. The van der Waals surface area contributed by atoms with Crippen LogP contribution in [0.1, 0.15) is 47.1 Å². The topological polar surface area (TPSA) is 63.7 Å². The van der Waals surface area contributed by atoms with E-state index in [9.17, 15) is 18.8 Å². The predicted molar refractivity (Wildman–Crippen MR) is 108 cm³/mol. The summed E-state index contributed by atoms with van der Waals surface area (Å²) in [6.45, 7) is 5.87. The van der Waals surface area contributed by atoms with E-state index in [0.717, 1.165) is 0 Å². The molecular weight excluding hydrogens is 373 g/mol. The Balaban J connectivity index is 2.29. The van der Waals surface area contributed by atoms with E-state index < -0.39 is 11.8 Å². The van der Waals surface area contributed by atoms with E-state index in [1.165, 1.54) is 30.3 Å². The molecule has 0 N–H and O–H groups in total. The molecule has 0 saturated carbocycles. The lowest BCUT2D eigenvalue weighted by atomic mass is 9.97. The van der Waals surface area contributed by atoms with Gasteiger partial charge < -0.3 is 9.64 Å². The molecular formula is C23H24FNO4. The first kappa shape index (κ1) is 22.0. The quantitative estimate of drug-likeness (QED) is 0.383. The van der Waals surface area contributed by atoms with Crippen molar-refractivity contribution >= 4 is 17.7 Å². The number of carbonyl (C=O) groups is 3. The van der Waals surface area contributed by atoms with Crippen molar-refractivity contribution in [3.8, 4) is 0 Å². The zero-order chi connectivity index (χ0) is 21.4. The van der Waals surface area contributed by atoms with E-state index in [4.69, 9.17) is 4.74 Å². The van der Waals surface area contributed by atoms with Crippen LogP contribution in [0.2, 0.25) is 0 Å². The number of esters is 1. The Morgan fingerprint density at radius 1 is 1.03 bits per heavy atom. The van der Waals surface area contributed by atoms with Crippen LogP contribution < -0.4 is 0 Å². The Kier molecular flexibility index (Phi) is 7.83. The molecule has 152 valence electrons. The number of ketones is 1. The van der Waals surface area contributed by atoms with Gasteiger partial charge in [-0.1, -0.05) is 24.3 Å². The molecule has 0 unspecified atom stereocenters. The van der Waals surface area contributed by atoms with Crippen molar-refractivity contribution in [2.24, 2.45) is 0 Å². The third-order valence-corrected chi connectivity index (χ3v) is 4.24. The second-order valence-corrected chi connectivity index (χ2v) is 6.59. The number of carbonyl (C=O) groups excluding carboxylic acids is 3. The van der Waals surface area contributed by atoms with Gasteiger partial charge in [-0.2, -0.15) is 0 Å². The number of rotatable bonds is 8. The van der Waals surface area contributed by atoms with Gasteiger partial charge in [0.05, 0.1) is 12.2 Å². The maximum absolute atomic E-state index is 13.2. The fourth-order valence-corrected chi connectivity index (χ4v) is 2.76. The van der Waals surface area contributed by atoms with E-state index in [1.54, 1.807) is 42.2 Å². The standard InChI is InChI=1S/C23H24FNO4/c1-4-29-21(26)10-7-15-25(16(2)3)23(28)20-9-6-5-8-19(20)22(27)17-11-13-18(24)14-12-17/h5-14,16H,4,15H2,1-3H3/b10-7+. The van der Waals surface area contributed by atoms with Gasteiger partial charge in [-0.25, -0.2) is 9.18 Å². The average molecular weight is 397 g/mol. The van der Waals surface area contributed by atoms with Crippen LogP contribution in [0.15, 0.2) is 60.7 Å². The minimum atomic E-state index is -0.476. The third-order valence-electron chi connectivity index (χ3n) is 4.24. The number of hydrogen-bond donors (Lipinski definition) is 0. The Morgan fingerprint density at radius 3 is 2.24 bits per heavy atom. The lowest BCUT2D eigenvalue weighted by Crippen LogP contribution is -2.38. The van der Waals surface area contributed by atoms with Crippen LogP contribution in [0.4, 0.5) is 4.39 Å². The molecule has 0 saturated heterocycles. The zero-order valence-corrected chi connectivity index (χ0v) is 16.7. The Hall–Kier alpha value is -3.28. The lowest BCUT2D eigenvalue weighted by molar-refractivity contribution is -0.137. The lowest BCUT2D eigenvalue weighted by Gasteiger charge is -2.26. The van der Waals surface area contributed by atoms with Gasteiger partial charge in [0, 0.05) is 29.8 Å². The molecule has 29 heavy (non-hydrogen) atoms. The highest BCUT2D eigenvalue weighted by Gasteiger charge is 2.23. The van der Waals surface area contributed by atoms with Crippen LogP contribution in [-0.4, -0.2) is 41.8 Å². The largest absolute Gasteiger partial charge is 0.463 e. The fraction of sp³-hybridized carbons (Fsp3) is 0.261.